The Kier molecular flexibility index (Phi) is 3.59. The molecule has 1 saturated heterocycles. The van der Waals surface area contributed by atoms with Gasteiger partial charge in [-0.25, -0.2) is 4.98 Å². The van der Waals surface area contributed by atoms with Crippen LogP contribution < -0.4 is 4.90 Å². The third-order valence-corrected chi connectivity index (χ3v) is 3.15. The molecule has 0 bridgehead atoms. The molecule has 1 aliphatic heterocycles. The highest BCUT2D eigenvalue weighted by molar-refractivity contribution is 5.41. The van der Waals surface area contributed by atoms with E-state index < -0.39 is 0 Å². The second kappa shape index (κ2) is 5.15. The summed E-state index contributed by atoms with van der Waals surface area (Å²) in [5.74, 6) is 1.18. The van der Waals surface area contributed by atoms with Gasteiger partial charge in [0.1, 0.15) is 5.82 Å². The lowest BCUT2D eigenvalue weighted by Gasteiger charge is -2.21. The topological polar surface area (TPSA) is 16.1 Å². The summed E-state index contributed by atoms with van der Waals surface area (Å²) in [5.41, 5.74) is 1.39. The summed E-state index contributed by atoms with van der Waals surface area (Å²) < 4.78 is 0. The third kappa shape index (κ3) is 2.71. The zero-order chi connectivity index (χ0) is 10.5. The second-order valence-corrected chi connectivity index (χ2v) is 4.28. The van der Waals surface area contributed by atoms with Crippen molar-refractivity contribution >= 4 is 5.82 Å². The van der Waals surface area contributed by atoms with Crippen molar-refractivity contribution in [2.45, 2.75) is 39.0 Å². The Morgan fingerprint density at radius 2 is 1.93 bits per heavy atom. The lowest BCUT2D eigenvalue weighted by molar-refractivity contribution is 0.726. The van der Waals surface area contributed by atoms with E-state index in [-0.39, 0.29) is 0 Å². The van der Waals surface area contributed by atoms with Crippen molar-refractivity contribution < 1.29 is 0 Å². The van der Waals surface area contributed by atoms with Gasteiger partial charge in [0, 0.05) is 19.3 Å². The Hall–Kier alpha value is -1.05. The highest BCUT2D eigenvalue weighted by Crippen LogP contribution is 2.18. The van der Waals surface area contributed by atoms with E-state index in [0.29, 0.717) is 0 Å². The van der Waals surface area contributed by atoms with E-state index in [1.54, 1.807) is 0 Å². The van der Waals surface area contributed by atoms with Crippen molar-refractivity contribution in [3.63, 3.8) is 0 Å². The first kappa shape index (κ1) is 10.5. The minimum atomic E-state index is 1.10. The van der Waals surface area contributed by atoms with Crippen molar-refractivity contribution in [2.24, 2.45) is 0 Å². The van der Waals surface area contributed by atoms with Crippen molar-refractivity contribution in [1.29, 1.82) is 0 Å². The second-order valence-electron chi connectivity index (χ2n) is 4.28. The highest BCUT2D eigenvalue weighted by Gasteiger charge is 2.10. The first-order valence-corrected chi connectivity index (χ1v) is 6.10. The summed E-state index contributed by atoms with van der Waals surface area (Å²) in [4.78, 5) is 6.92. The van der Waals surface area contributed by atoms with E-state index in [9.17, 15) is 0 Å². The molecule has 0 saturated carbocycles. The average Bonchev–Trinajstić information content (AvgIpc) is 2.58. The largest absolute Gasteiger partial charge is 0.357 e. The van der Waals surface area contributed by atoms with Gasteiger partial charge in [-0.15, -0.1) is 0 Å². The first-order valence-electron chi connectivity index (χ1n) is 6.10. The summed E-state index contributed by atoms with van der Waals surface area (Å²) in [6.45, 7) is 4.56. The number of hydrogen-bond acceptors (Lipinski definition) is 2. The van der Waals surface area contributed by atoms with Crippen LogP contribution in [0.15, 0.2) is 18.3 Å². The van der Waals surface area contributed by atoms with Gasteiger partial charge in [-0.1, -0.05) is 19.8 Å². The van der Waals surface area contributed by atoms with Gasteiger partial charge in [-0.3, -0.25) is 0 Å². The summed E-state index contributed by atoms with van der Waals surface area (Å²) in [6, 6.07) is 4.35. The Morgan fingerprint density at radius 3 is 2.60 bits per heavy atom. The molecule has 0 N–H and O–H groups in total. The van der Waals surface area contributed by atoms with Gasteiger partial charge in [0.2, 0.25) is 0 Å². The Labute approximate surface area is 92.3 Å². The molecule has 2 heteroatoms. The van der Waals surface area contributed by atoms with Crippen LogP contribution in [-0.2, 0) is 6.42 Å². The number of rotatable bonds is 2. The molecule has 0 amide bonds. The lowest BCUT2D eigenvalue weighted by atomic mass is 10.2. The molecule has 15 heavy (non-hydrogen) atoms. The van der Waals surface area contributed by atoms with E-state index >= 15 is 0 Å². The number of pyridine rings is 1. The molecule has 82 valence electrons. The standard InChI is InChI=1S/C13H20N2/c1-2-12-7-8-14-13(11-12)15-9-5-3-4-6-10-15/h7-8,11H,2-6,9-10H2,1H3. The third-order valence-electron chi connectivity index (χ3n) is 3.15. The fourth-order valence-corrected chi connectivity index (χ4v) is 2.15. The highest BCUT2D eigenvalue weighted by atomic mass is 15.2. The van der Waals surface area contributed by atoms with Crippen LogP contribution >= 0.6 is 0 Å². The van der Waals surface area contributed by atoms with Gasteiger partial charge in [0.25, 0.3) is 0 Å². The lowest BCUT2D eigenvalue weighted by Crippen LogP contribution is -2.24. The summed E-state index contributed by atoms with van der Waals surface area (Å²) in [5, 5.41) is 0. The van der Waals surface area contributed by atoms with Crippen molar-refractivity contribution in [1.82, 2.24) is 4.98 Å². The van der Waals surface area contributed by atoms with E-state index in [1.807, 2.05) is 6.20 Å². The molecule has 0 radical (unpaired) electrons. The van der Waals surface area contributed by atoms with Crippen LogP contribution in [0.25, 0.3) is 0 Å². The van der Waals surface area contributed by atoms with Gasteiger partial charge in [-0.05, 0) is 37.0 Å². The molecule has 2 rings (SSSR count). The number of aryl methyl sites for hydroxylation is 1. The van der Waals surface area contributed by atoms with Crippen LogP contribution in [0.5, 0.6) is 0 Å². The van der Waals surface area contributed by atoms with Gasteiger partial charge in [0.05, 0.1) is 0 Å². The fourth-order valence-electron chi connectivity index (χ4n) is 2.15. The van der Waals surface area contributed by atoms with Gasteiger partial charge >= 0.3 is 0 Å². The predicted octanol–water partition coefficient (Wildman–Crippen LogP) is 3.02. The maximum atomic E-state index is 4.48. The van der Waals surface area contributed by atoms with Crippen LogP contribution in [0.1, 0.15) is 38.2 Å². The van der Waals surface area contributed by atoms with E-state index in [4.69, 9.17) is 0 Å². The zero-order valence-electron chi connectivity index (χ0n) is 9.58. The maximum Gasteiger partial charge on any atom is 0.128 e. The van der Waals surface area contributed by atoms with Crippen LogP contribution in [0.2, 0.25) is 0 Å². The molecule has 0 unspecified atom stereocenters. The quantitative estimate of drug-likeness (QED) is 0.736. The number of hydrogen-bond donors (Lipinski definition) is 0. The molecular formula is C13H20N2. The van der Waals surface area contributed by atoms with Gasteiger partial charge < -0.3 is 4.90 Å². The normalized spacial score (nSPS) is 17.5. The molecule has 0 aromatic carbocycles. The van der Waals surface area contributed by atoms with E-state index in [1.165, 1.54) is 50.2 Å². The number of nitrogens with zero attached hydrogens (tertiary/aromatic N) is 2. The minimum absolute atomic E-state index is 1.10. The smallest absolute Gasteiger partial charge is 0.128 e. The Morgan fingerprint density at radius 1 is 1.20 bits per heavy atom. The molecule has 0 aliphatic carbocycles. The molecule has 1 fully saturated rings. The Balaban J connectivity index is 2.12. The van der Waals surface area contributed by atoms with Crippen LogP contribution in [0.4, 0.5) is 5.82 Å². The predicted molar refractivity (Wildman–Crippen MR) is 64.3 cm³/mol. The molecular weight excluding hydrogens is 184 g/mol. The summed E-state index contributed by atoms with van der Waals surface area (Å²) in [6.07, 6.45) is 8.44. The fraction of sp³-hybridized carbons (Fsp3) is 0.615. The SMILES string of the molecule is CCc1ccnc(N2CCCCCC2)c1. The molecule has 0 atom stereocenters. The molecule has 1 aromatic rings. The molecule has 1 aromatic heterocycles. The van der Waals surface area contributed by atoms with Gasteiger partial charge in [-0.2, -0.15) is 0 Å². The minimum Gasteiger partial charge on any atom is -0.357 e. The van der Waals surface area contributed by atoms with Crippen LogP contribution in [0.3, 0.4) is 0 Å². The van der Waals surface area contributed by atoms with Crippen LogP contribution in [-0.4, -0.2) is 18.1 Å². The molecule has 2 heterocycles. The zero-order valence-corrected chi connectivity index (χ0v) is 9.58. The number of aromatic nitrogens is 1. The first-order chi connectivity index (χ1) is 7.40. The van der Waals surface area contributed by atoms with Crippen LogP contribution in [0, 0.1) is 0 Å². The Bertz CT molecular complexity index is 301. The average molecular weight is 204 g/mol. The van der Waals surface area contributed by atoms with Crippen molar-refractivity contribution in [3.8, 4) is 0 Å². The maximum absolute atomic E-state index is 4.48. The molecule has 2 nitrogen and oxygen atoms in total. The van der Waals surface area contributed by atoms with Gasteiger partial charge in [0.15, 0.2) is 0 Å². The van der Waals surface area contributed by atoms with E-state index in [2.05, 4.69) is 28.9 Å². The van der Waals surface area contributed by atoms with E-state index in [0.717, 1.165) is 6.42 Å². The molecule has 0 spiro atoms. The summed E-state index contributed by atoms with van der Waals surface area (Å²) >= 11 is 0. The summed E-state index contributed by atoms with van der Waals surface area (Å²) in [7, 11) is 0. The monoisotopic (exact) mass is 204 g/mol. The van der Waals surface area contributed by atoms with Crippen molar-refractivity contribution in [2.75, 3.05) is 18.0 Å². The number of anilines is 1. The van der Waals surface area contributed by atoms with Crippen molar-refractivity contribution in [3.05, 3.63) is 23.9 Å². The molecule has 1 aliphatic rings.